The van der Waals surface area contributed by atoms with Crippen LogP contribution < -0.4 is 10.2 Å². The molecular weight excluding hydrogens is 330 g/mol. The standard InChI is InChI=1S/C20H21N3O3/c1-13-6-7-15(17(24)12-13)21-19(25)14-8-10-23(11-9-14)20-22-16-4-2-3-5-18(16)26-20/h2-7,12,14,24H,8-11H2,1H3,(H,21,25). The van der Waals surface area contributed by atoms with Crippen LogP contribution in [0, 0.1) is 12.8 Å². The fourth-order valence-electron chi connectivity index (χ4n) is 3.31. The maximum Gasteiger partial charge on any atom is 0.298 e. The number of carbonyl (C=O) groups excluding carboxylic acids is 1. The number of oxazole rings is 1. The summed E-state index contributed by atoms with van der Waals surface area (Å²) < 4.78 is 5.81. The lowest BCUT2D eigenvalue weighted by molar-refractivity contribution is -0.120. The van der Waals surface area contributed by atoms with Gasteiger partial charge in [0.25, 0.3) is 6.01 Å². The molecule has 0 spiro atoms. The van der Waals surface area contributed by atoms with Gasteiger partial charge in [-0.15, -0.1) is 0 Å². The third-order valence-corrected chi connectivity index (χ3v) is 4.83. The number of para-hydroxylation sites is 2. The van der Waals surface area contributed by atoms with Crippen LogP contribution in [0.5, 0.6) is 5.75 Å². The van der Waals surface area contributed by atoms with Crippen molar-refractivity contribution >= 4 is 28.7 Å². The van der Waals surface area contributed by atoms with Gasteiger partial charge >= 0.3 is 0 Å². The molecule has 1 aliphatic rings. The van der Waals surface area contributed by atoms with Crippen LogP contribution in [0.2, 0.25) is 0 Å². The molecule has 1 amide bonds. The Labute approximate surface area is 151 Å². The van der Waals surface area contributed by atoms with E-state index in [-0.39, 0.29) is 17.6 Å². The molecule has 0 atom stereocenters. The number of piperidine rings is 1. The molecule has 1 aliphatic heterocycles. The smallest absolute Gasteiger partial charge is 0.298 e. The Kier molecular flexibility index (Phi) is 4.24. The minimum absolute atomic E-state index is 0.0543. The van der Waals surface area contributed by atoms with E-state index in [1.54, 1.807) is 12.1 Å². The molecule has 26 heavy (non-hydrogen) atoms. The number of nitrogens with one attached hydrogen (secondary N) is 1. The molecule has 0 saturated carbocycles. The molecule has 1 fully saturated rings. The van der Waals surface area contributed by atoms with Gasteiger partial charge in [0.15, 0.2) is 5.58 Å². The molecule has 4 rings (SSSR count). The molecule has 3 aromatic rings. The highest BCUT2D eigenvalue weighted by Gasteiger charge is 2.27. The Morgan fingerprint density at radius 3 is 2.73 bits per heavy atom. The van der Waals surface area contributed by atoms with Crippen molar-refractivity contribution in [3.8, 4) is 5.75 Å². The van der Waals surface area contributed by atoms with E-state index >= 15 is 0 Å². The molecule has 0 unspecified atom stereocenters. The third kappa shape index (κ3) is 3.22. The Morgan fingerprint density at radius 1 is 1.23 bits per heavy atom. The van der Waals surface area contributed by atoms with Crippen LogP contribution in [-0.2, 0) is 4.79 Å². The first-order chi connectivity index (χ1) is 12.6. The topological polar surface area (TPSA) is 78.6 Å². The van der Waals surface area contributed by atoms with E-state index in [0.717, 1.165) is 29.5 Å². The molecule has 2 heterocycles. The molecule has 6 nitrogen and oxygen atoms in total. The number of carbonyl (C=O) groups is 1. The van der Waals surface area contributed by atoms with Crippen molar-refractivity contribution < 1.29 is 14.3 Å². The lowest BCUT2D eigenvalue weighted by Gasteiger charge is -2.30. The van der Waals surface area contributed by atoms with Crippen molar-refractivity contribution in [2.24, 2.45) is 5.92 Å². The van der Waals surface area contributed by atoms with Crippen molar-refractivity contribution in [1.29, 1.82) is 0 Å². The number of phenols is 1. The van der Waals surface area contributed by atoms with Gasteiger partial charge < -0.3 is 19.7 Å². The highest BCUT2D eigenvalue weighted by Crippen LogP contribution is 2.28. The Bertz CT molecular complexity index is 909. The van der Waals surface area contributed by atoms with E-state index in [1.165, 1.54) is 0 Å². The second-order valence-corrected chi connectivity index (χ2v) is 6.74. The quantitative estimate of drug-likeness (QED) is 0.704. The normalized spacial score (nSPS) is 15.3. The minimum Gasteiger partial charge on any atom is -0.506 e. The second-order valence-electron chi connectivity index (χ2n) is 6.74. The van der Waals surface area contributed by atoms with Crippen LogP contribution >= 0.6 is 0 Å². The van der Waals surface area contributed by atoms with Crippen LogP contribution in [0.25, 0.3) is 11.1 Å². The zero-order valence-electron chi connectivity index (χ0n) is 14.6. The maximum absolute atomic E-state index is 12.5. The molecule has 2 aromatic carbocycles. The van der Waals surface area contributed by atoms with E-state index < -0.39 is 0 Å². The van der Waals surface area contributed by atoms with Crippen molar-refractivity contribution in [2.45, 2.75) is 19.8 Å². The molecule has 134 valence electrons. The lowest BCUT2D eigenvalue weighted by Crippen LogP contribution is -2.38. The van der Waals surface area contributed by atoms with Gasteiger partial charge in [-0.1, -0.05) is 18.2 Å². The summed E-state index contributed by atoms with van der Waals surface area (Å²) in [6, 6.07) is 13.5. The Morgan fingerprint density at radius 2 is 2.00 bits per heavy atom. The number of fused-ring (bicyclic) bond motifs is 1. The lowest BCUT2D eigenvalue weighted by atomic mass is 9.96. The molecule has 0 radical (unpaired) electrons. The number of benzene rings is 2. The van der Waals surface area contributed by atoms with Gasteiger partial charge in [-0.05, 0) is 49.6 Å². The summed E-state index contributed by atoms with van der Waals surface area (Å²) in [5.74, 6) is -0.0417. The zero-order valence-corrected chi connectivity index (χ0v) is 14.6. The fourth-order valence-corrected chi connectivity index (χ4v) is 3.31. The fraction of sp³-hybridized carbons (Fsp3) is 0.300. The number of aryl methyl sites for hydroxylation is 1. The predicted octanol–water partition coefficient (Wildman–Crippen LogP) is 3.70. The summed E-state index contributed by atoms with van der Waals surface area (Å²) in [5.41, 5.74) is 3.03. The zero-order chi connectivity index (χ0) is 18.1. The van der Waals surface area contributed by atoms with E-state index in [1.807, 2.05) is 37.3 Å². The highest BCUT2D eigenvalue weighted by atomic mass is 16.4. The molecular formula is C20H21N3O3. The molecule has 6 heteroatoms. The molecule has 0 aliphatic carbocycles. The largest absolute Gasteiger partial charge is 0.506 e. The number of nitrogens with zero attached hydrogens (tertiary/aromatic N) is 2. The average Bonchev–Trinajstić information content (AvgIpc) is 3.08. The van der Waals surface area contributed by atoms with Crippen molar-refractivity contribution in [1.82, 2.24) is 4.98 Å². The van der Waals surface area contributed by atoms with Gasteiger partial charge in [0.2, 0.25) is 5.91 Å². The van der Waals surface area contributed by atoms with E-state index in [4.69, 9.17) is 4.42 Å². The number of anilines is 2. The minimum atomic E-state index is -0.0867. The maximum atomic E-state index is 12.5. The third-order valence-electron chi connectivity index (χ3n) is 4.83. The first-order valence-electron chi connectivity index (χ1n) is 8.81. The van der Waals surface area contributed by atoms with Gasteiger partial charge in [0.1, 0.15) is 11.3 Å². The van der Waals surface area contributed by atoms with Crippen LogP contribution in [0.3, 0.4) is 0 Å². The number of phenolic OH excluding ortho intramolecular Hbond substituents is 1. The number of aromatic hydroxyl groups is 1. The molecule has 1 aromatic heterocycles. The van der Waals surface area contributed by atoms with Gasteiger partial charge in [-0.3, -0.25) is 4.79 Å². The predicted molar refractivity (Wildman–Crippen MR) is 100 cm³/mol. The summed E-state index contributed by atoms with van der Waals surface area (Å²) >= 11 is 0. The average molecular weight is 351 g/mol. The van der Waals surface area contributed by atoms with E-state index in [9.17, 15) is 9.90 Å². The van der Waals surface area contributed by atoms with Crippen LogP contribution in [0.4, 0.5) is 11.7 Å². The van der Waals surface area contributed by atoms with E-state index in [0.29, 0.717) is 24.8 Å². The second kappa shape index (κ2) is 6.71. The van der Waals surface area contributed by atoms with Crippen molar-refractivity contribution in [2.75, 3.05) is 23.3 Å². The summed E-state index contributed by atoms with van der Waals surface area (Å²) in [6.07, 6.45) is 1.44. The number of hydrogen-bond acceptors (Lipinski definition) is 5. The van der Waals surface area contributed by atoms with Crippen LogP contribution in [0.1, 0.15) is 18.4 Å². The van der Waals surface area contributed by atoms with Crippen LogP contribution in [-0.4, -0.2) is 29.1 Å². The van der Waals surface area contributed by atoms with Gasteiger partial charge in [0, 0.05) is 19.0 Å². The summed E-state index contributed by atoms with van der Waals surface area (Å²) in [4.78, 5) is 19.1. The SMILES string of the molecule is Cc1ccc(NC(=O)C2CCN(c3nc4ccccc4o3)CC2)c(O)c1. The monoisotopic (exact) mass is 351 g/mol. The summed E-state index contributed by atoms with van der Waals surface area (Å²) in [7, 11) is 0. The number of rotatable bonds is 3. The van der Waals surface area contributed by atoms with Gasteiger partial charge in [-0.25, -0.2) is 0 Å². The highest BCUT2D eigenvalue weighted by molar-refractivity contribution is 5.94. The first kappa shape index (κ1) is 16.4. The number of hydrogen-bond donors (Lipinski definition) is 2. The number of amides is 1. The molecule has 2 N–H and O–H groups in total. The van der Waals surface area contributed by atoms with E-state index in [2.05, 4.69) is 15.2 Å². The Hall–Kier alpha value is -3.02. The first-order valence-corrected chi connectivity index (χ1v) is 8.81. The summed E-state index contributed by atoms with van der Waals surface area (Å²) in [6.45, 7) is 3.32. The number of aromatic nitrogens is 1. The van der Waals surface area contributed by atoms with Crippen LogP contribution in [0.15, 0.2) is 46.9 Å². The summed E-state index contributed by atoms with van der Waals surface area (Å²) in [5, 5.41) is 12.8. The Balaban J connectivity index is 1.39. The van der Waals surface area contributed by atoms with Gasteiger partial charge in [0.05, 0.1) is 5.69 Å². The van der Waals surface area contributed by atoms with Gasteiger partial charge in [-0.2, -0.15) is 4.98 Å². The molecule has 1 saturated heterocycles. The van der Waals surface area contributed by atoms with Crippen molar-refractivity contribution in [3.63, 3.8) is 0 Å². The van der Waals surface area contributed by atoms with Crippen molar-refractivity contribution in [3.05, 3.63) is 48.0 Å². The molecule has 0 bridgehead atoms.